The van der Waals surface area contributed by atoms with Crippen molar-refractivity contribution in [2.45, 2.75) is 57.9 Å². The third-order valence-electron chi connectivity index (χ3n) is 7.02. The van der Waals surface area contributed by atoms with Gasteiger partial charge >= 0.3 is 11.8 Å². The summed E-state index contributed by atoms with van der Waals surface area (Å²) in [7, 11) is 0. The smallest absolute Gasteiger partial charge is 0.312 e. The molecule has 0 N–H and O–H groups in total. The van der Waals surface area contributed by atoms with Crippen LogP contribution in [0, 0.1) is 17.3 Å². The molecule has 134 valence electrons. The Labute approximate surface area is 144 Å². The molecule has 0 aromatic carbocycles. The second kappa shape index (κ2) is 6.32. The van der Waals surface area contributed by atoms with E-state index < -0.39 is 0 Å². The lowest BCUT2D eigenvalue weighted by molar-refractivity contribution is -0.187. The van der Waals surface area contributed by atoms with Crippen LogP contribution < -0.4 is 0 Å². The molecular formula is C19H30N2O3. The molecule has 3 heterocycles. The Bertz CT molecular complexity index is 503. The van der Waals surface area contributed by atoms with Crippen LogP contribution in [0.15, 0.2) is 0 Å². The van der Waals surface area contributed by atoms with Gasteiger partial charge in [-0.15, -0.1) is 0 Å². The van der Waals surface area contributed by atoms with Gasteiger partial charge in [0.1, 0.15) is 0 Å². The van der Waals surface area contributed by atoms with Crippen LogP contribution in [0.3, 0.4) is 0 Å². The van der Waals surface area contributed by atoms with E-state index in [4.69, 9.17) is 4.74 Å². The SMILES string of the molecule is CC1CCN(C(=O)C(=O)N2CC3(CCC3)C2C2CCOCC2)CC1. The summed E-state index contributed by atoms with van der Waals surface area (Å²) < 4.78 is 5.51. The Balaban J connectivity index is 1.44. The highest BCUT2D eigenvalue weighted by molar-refractivity contribution is 6.35. The Hall–Kier alpha value is -1.10. The fraction of sp³-hybridized carbons (Fsp3) is 0.895. The second-order valence-corrected chi connectivity index (χ2v) is 8.52. The minimum Gasteiger partial charge on any atom is -0.381 e. The molecule has 3 saturated heterocycles. The first kappa shape index (κ1) is 16.4. The summed E-state index contributed by atoms with van der Waals surface area (Å²) in [5.41, 5.74) is 0.328. The molecule has 0 bridgehead atoms. The van der Waals surface area contributed by atoms with Crippen LogP contribution in [-0.2, 0) is 14.3 Å². The van der Waals surface area contributed by atoms with Gasteiger partial charge in [-0.25, -0.2) is 0 Å². The molecule has 1 saturated carbocycles. The van der Waals surface area contributed by atoms with E-state index in [1.165, 1.54) is 19.3 Å². The average molecular weight is 334 g/mol. The summed E-state index contributed by atoms with van der Waals surface area (Å²) in [6.07, 6.45) is 7.85. The standard InChI is InChI=1S/C19H30N2O3/c1-14-3-9-20(10-4-14)17(22)18(23)21-13-19(7-2-8-19)16(21)15-5-11-24-12-6-15/h14-16H,2-13H2,1H3. The fourth-order valence-corrected chi connectivity index (χ4v) is 5.29. The van der Waals surface area contributed by atoms with Crippen molar-refractivity contribution in [3.05, 3.63) is 0 Å². The molecule has 3 aliphatic heterocycles. The third-order valence-corrected chi connectivity index (χ3v) is 7.02. The number of hydrogen-bond acceptors (Lipinski definition) is 3. The van der Waals surface area contributed by atoms with Gasteiger partial charge in [0, 0.05) is 44.3 Å². The fourth-order valence-electron chi connectivity index (χ4n) is 5.29. The summed E-state index contributed by atoms with van der Waals surface area (Å²) in [6, 6.07) is 0.287. The zero-order valence-electron chi connectivity index (χ0n) is 14.8. The van der Waals surface area contributed by atoms with Crippen molar-refractivity contribution in [2.24, 2.45) is 17.3 Å². The number of piperidine rings is 1. The van der Waals surface area contributed by atoms with Crippen LogP contribution in [0.2, 0.25) is 0 Å². The molecule has 4 fully saturated rings. The van der Waals surface area contributed by atoms with E-state index >= 15 is 0 Å². The number of hydrogen-bond donors (Lipinski definition) is 0. The highest BCUT2D eigenvalue weighted by Gasteiger charge is 2.60. The first-order valence-corrected chi connectivity index (χ1v) is 9.78. The van der Waals surface area contributed by atoms with Gasteiger partial charge in [0.05, 0.1) is 0 Å². The van der Waals surface area contributed by atoms with Crippen LogP contribution >= 0.6 is 0 Å². The minimum atomic E-state index is -0.256. The lowest BCUT2D eigenvalue weighted by atomic mass is 9.54. The van der Waals surface area contributed by atoms with Gasteiger partial charge < -0.3 is 14.5 Å². The number of likely N-dealkylation sites (tertiary alicyclic amines) is 2. The molecule has 1 aliphatic carbocycles. The number of carbonyl (C=O) groups excluding carboxylic acids is 2. The molecule has 5 heteroatoms. The molecule has 0 radical (unpaired) electrons. The number of ether oxygens (including phenoxy) is 1. The van der Waals surface area contributed by atoms with Crippen molar-refractivity contribution in [3.8, 4) is 0 Å². The van der Waals surface area contributed by atoms with Gasteiger partial charge in [0.2, 0.25) is 0 Å². The van der Waals surface area contributed by atoms with Crippen molar-refractivity contribution in [2.75, 3.05) is 32.8 Å². The molecule has 5 nitrogen and oxygen atoms in total. The summed E-state index contributed by atoms with van der Waals surface area (Å²) >= 11 is 0. The largest absolute Gasteiger partial charge is 0.381 e. The van der Waals surface area contributed by atoms with Gasteiger partial charge in [-0.2, -0.15) is 0 Å². The Morgan fingerprint density at radius 2 is 1.67 bits per heavy atom. The maximum absolute atomic E-state index is 12.9. The number of rotatable bonds is 1. The first-order chi connectivity index (χ1) is 11.6. The molecule has 2 amide bonds. The van der Waals surface area contributed by atoms with Crippen LogP contribution in [0.4, 0.5) is 0 Å². The van der Waals surface area contributed by atoms with Crippen molar-refractivity contribution in [1.82, 2.24) is 9.80 Å². The maximum atomic E-state index is 12.9. The third kappa shape index (κ3) is 2.65. The summed E-state index contributed by atoms with van der Waals surface area (Å²) in [5, 5.41) is 0. The van der Waals surface area contributed by atoms with Gasteiger partial charge in [-0.3, -0.25) is 9.59 Å². The molecule has 1 unspecified atom stereocenters. The quantitative estimate of drug-likeness (QED) is 0.690. The zero-order chi connectivity index (χ0) is 16.7. The topological polar surface area (TPSA) is 49.9 Å². The van der Waals surface area contributed by atoms with E-state index in [1.807, 2.05) is 4.90 Å². The zero-order valence-corrected chi connectivity index (χ0v) is 14.8. The van der Waals surface area contributed by atoms with Gasteiger partial charge in [0.15, 0.2) is 0 Å². The van der Waals surface area contributed by atoms with E-state index in [2.05, 4.69) is 6.92 Å². The highest BCUT2D eigenvalue weighted by atomic mass is 16.5. The molecule has 4 rings (SSSR count). The Morgan fingerprint density at radius 1 is 1.00 bits per heavy atom. The monoisotopic (exact) mass is 334 g/mol. The van der Waals surface area contributed by atoms with Crippen LogP contribution in [-0.4, -0.2) is 60.5 Å². The first-order valence-electron chi connectivity index (χ1n) is 9.78. The van der Waals surface area contributed by atoms with Crippen molar-refractivity contribution < 1.29 is 14.3 Å². The van der Waals surface area contributed by atoms with E-state index in [0.717, 1.165) is 58.5 Å². The maximum Gasteiger partial charge on any atom is 0.312 e. The average Bonchev–Trinajstić information content (AvgIpc) is 2.53. The molecular weight excluding hydrogens is 304 g/mol. The molecule has 1 spiro atoms. The van der Waals surface area contributed by atoms with Gasteiger partial charge in [-0.1, -0.05) is 13.3 Å². The lowest BCUT2D eigenvalue weighted by Gasteiger charge is -2.65. The Kier molecular flexibility index (Phi) is 4.31. The van der Waals surface area contributed by atoms with Gasteiger partial charge in [0.25, 0.3) is 0 Å². The van der Waals surface area contributed by atoms with E-state index in [-0.39, 0.29) is 17.9 Å². The predicted molar refractivity (Wildman–Crippen MR) is 90.3 cm³/mol. The molecule has 1 atom stereocenters. The minimum absolute atomic E-state index is 0.237. The van der Waals surface area contributed by atoms with E-state index in [1.54, 1.807) is 4.90 Å². The molecule has 0 aromatic rings. The number of nitrogens with zero attached hydrogens (tertiary/aromatic N) is 2. The van der Waals surface area contributed by atoms with Crippen molar-refractivity contribution in [1.29, 1.82) is 0 Å². The van der Waals surface area contributed by atoms with Gasteiger partial charge in [-0.05, 0) is 50.4 Å². The van der Waals surface area contributed by atoms with Crippen molar-refractivity contribution in [3.63, 3.8) is 0 Å². The van der Waals surface area contributed by atoms with Crippen LogP contribution in [0.1, 0.15) is 51.9 Å². The summed E-state index contributed by atoms with van der Waals surface area (Å²) in [5.74, 6) is 0.694. The number of carbonyl (C=O) groups is 2. The van der Waals surface area contributed by atoms with E-state index in [9.17, 15) is 9.59 Å². The highest BCUT2D eigenvalue weighted by Crippen LogP contribution is 2.56. The molecule has 0 aromatic heterocycles. The normalized spacial score (nSPS) is 30.8. The van der Waals surface area contributed by atoms with Crippen LogP contribution in [0.5, 0.6) is 0 Å². The molecule has 24 heavy (non-hydrogen) atoms. The summed E-state index contributed by atoms with van der Waals surface area (Å²) in [4.78, 5) is 29.3. The summed E-state index contributed by atoms with van der Waals surface area (Å²) in [6.45, 7) is 6.12. The predicted octanol–water partition coefficient (Wildman–Crippen LogP) is 2.05. The van der Waals surface area contributed by atoms with Crippen molar-refractivity contribution >= 4 is 11.8 Å². The number of amides is 2. The lowest BCUT2D eigenvalue weighted by Crippen LogP contribution is -2.73. The second-order valence-electron chi connectivity index (χ2n) is 8.52. The van der Waals surface area contributed by atoms with E-state index in [0.29, 0.717) is 17.3 Å². The Morgan fingerprint density at radius 3 is 2.25 bits per heavy atom. The molecule has 4 aliphatic rings. The van der Waals surface area contributed by atoms with Crippen LogP contribution in [0.25, 0.3) is 0 Å².